The van der Waals surface area contributed by atoms with Crippen molar-refractivity contribution in [3.05, 3.63) is 0 Å². The van der Waals surface area contributed by atoms with Crippen LogP contribution in [0.1, 0.15) is 33.6 Å². The normalized spacial score (nSPS) is 28.5. The molecule has 0 bridgehead atoms. The number of methoxy groups -OCH3 is 1. The lowest BCUT2D eigenvalue weighted by Crippen LogP contribution is -2.49. The molecule has 1 heterocycles. The summed E-state index contributed by atoms with van der Waals surface area (Å²) < 4.78 is 5.29. The summed E-state index contributed by atoms with van der Waals surface area (Å²) in [4.78, 5) is 12.0. The number of nitrogens with one attached hydrogen (secondary N) is 2. The molecule has 1 fully saturated rings. The molecule has 0 saturated carbocycles. The van der Waals surface area contributed by atoms with Gasteiger partial charge in [-0.15, -0.1) is 0 Å². The third-order valence-electron chi connectivity index (χ3n) is 4.09. The third-order valence-corrected chi connectivity index (χ3v) is 4.09. The number of rotatable bonds is 5. The maximum absolute atomic E-state index is 12.0. The molecule has 3 unspecified atom stereocenters. The van der Waals surface area contributed by atoms with Gasteiger partial charge in [-0.1, -0.05) is 13.8 Å². The quantitative estimate of drug-likeness (QED) is 0.761. The van der Waals surface area contributed by atoms with E-state index in [0.717, 1.165) is 26.1 Å². The molecule has 0 aromatic carbocycles. The van der Waals surface area contributed by atoms with Crippen LogP contribution in [-0.4, -0.2) is 38.3 Å². The maximum atomic E-state index is 12.0. The predicted molar refractivity (Wildman–Crippen MR) is 68.9 cm³/mol. The van der Waals surface area contributed by atoms with Crippen molar-refractivity contribution in [1.29, 1.82) is 0 Å². The van der Waals surface area contributed by atoms with E-state index in [4.69, 9.17) is 4.74 Å². The van der Waals surface area contributed by atoms with Gasteiger partial charge in [-0.25, -0.2) is 0 Å². The molecule has 1 aliphatic rings. The van der Waals surface area contributed by atoms with Crippen molar-refractivity contribution >= 4 is 5.91 Å². The number of carbonyl (C=O) groups is 1. The Labute approximate surface area is 104 Å². The highest BCUT2D eigenvalue weighted by Gasteiger charge is 2.31. The monoisotopic (exact) mass is 242 g/mol. The topological polar surface area (TPSA) is 50.4 Å². The lowest BCUT2D eigenvalue weighted by Gasteiger charge is -2.31. The Bertz CT molecular complexity index is 252. The summed E-state index contributed by atoms with van der Waals surface area (Å²) in [5.74, 6) is 1.21. The van der Waals surface area contributed by atoms with Crippen molar-refractivity contribution in [3.63, 3.8) is 0 Å². The molecule has 17 heavy (non-hydrogen) atoms. The van der Waals surface area contributed by atoms with Gasteiger partial charge in [-0.3, -0.25) is 4.79 Å². The number of ether oxygens (including phenoxy) is 1. The van der Waals surface area contributed by atoms with Crippen LogP contribution in [0.2, 0.25) is 0 Å². The van der Waals surface area contributed by atoms with E-state index in [1.165, 1.54) is 0 Å². The van der Waals surface area contributed by atoms with Crippen LogP contribution in [0, 0.1) is 11.8 Å². The zero-order valence-corrected chi connectivity index (χ0v) is 11.5. The Balaban J connectivity index is 2.41. The van der Waals surface area contributed by atoms with Gasteiger partial charge in [-0.2, -0.15) is 0 Å². The molecule has 100 valence electrons. The molecule has 0 aromatic heterocycles. The molecule has 0 spiro atoms. The number of hydrogen-bond acceptors (Lipinski definition) is 3. The van der Waals surface area contributed by atoms with Crippen molar-refractivity contribution in [2.45, 2.75) is 39.2 Å². The van der Waals surface area contributed by atoms with E-state index >= 15 is 0 Å². The highest BCUT2D eigenvalue weighted by atomic mass is 16.5. The Morgan fingerprint density at radius 3 is 2.82 bits per heavy atom. The molecule has 0 aliphatic carbocycles. The van der Waals surface area contributed by atoms with E-state index in [1.54, 1.807) is 7.11 Å². The van der Waals surface area contributed by atoms with E-state index in [2.05, 4.69) is 17.6 Å². The number of hydrogen-bond donors (Lipinski definition) is 2. The van der Waals surface area contributed by atoms with Gasteiger partial charge in [0.15, 0.2) is 0 Å². The number of amides is 1. The smallest absolute Gasteiger partial charge is 0.251 e. The van der Waals surface area contributed by atoms with E-state index in [9.17, 15) is 4.79 Å². The van der Waals surface area contributed by atoms with Gasteiger partial charge in [-0.05, 0) is 44.7 Å². The fourth-order valence-electron chi connectivity index (χ4n) is 2.18. The molecular weight excluding hydrogens is 216 g/mol. The third kappa shape index (κ3) is 3.68. The number of piperidine rings is 1. The lowest BCUT2D eigenvalue weighted by atomic mass is 9.87. The maximum Gasteiger partial charge on any atom is 0.251 e. The van der Waals surface area contributed by atoms with E-state index in [1.807, 2.05) is 13.8 Å². The lowest BCUT2D eigenvalue weighted by molar-refractivity contribution is -0.142. The molecule has 0 radical (unpaired) electrons. The molecular formula is C13H26N2O2. The Kier molecular flexibility index (Phi) is 5.40. The van der Waals surface area contributed by atoms with Crippen molar-refractivity contribution < 1.29 is 9.53 Å². The van der Waals surface area contributed by atoms with E-state index < -0.39 is 5.60 Å². The summed E-state index contributed by atoms with van der Waals surface area (Å²) in [6.45, 7) is 8.92. The molecule has 2 N–H and O–H groups in total. The van der Waals surface area contributed by atoms with Crippen LogP contribution in [0.4, 0.5) is 0 Å². The van der Waals surface area contributed by atoms with Crippen LogP contribution in [-0.2, 0) is 9.53 Å². The van der Waals surface area contributed by atoms with Crippen molar-refractivity contribution in [1.82, 2.24) is 10.6 Å². The minimum atomic E-state index is -0.684. The van der Waals surface area contributed by atoms with Crippen LogP contribution in [0.5, 0.6) is 0 Å². The highest BCUT2D eigenvalue weighted by Crippen LogP contribution is 2.19. The molecule has 1 amide bonds. The van der Waals surface area contributed by atoms with E-state index in [-0.39, 0.29) is 5.91 Å². The minimum absolute atomic E-state index is 0.00762. The van der Waals surface area contributed by atoms with Gasteiger partial charge in [0.1, 0.15) is 5.60 Å². The Morgan fingerprint density at radius 2 is 2.29 bits per heavy atom. The largest absolute Gasteiger partial charge is 0.369 e. The average Bonchev–Trinajstić information content (AvgIpc) is 2.36. The summed E-state index contributed by atoms with van der Waals surface area (Å²) in [5, 5.41) is 6.40. The molecule has 4 heteroatoms. The van der Waals surface area contributed by atoms with Gasteiger partial charge in [0, 0.05) is 13.7 Å². The zero-order chi connectivity index (χ0) is 12.9. The average molecular weight is 242 g/mol. The van der Waals surface area contributed by atoms with Gasteiger partial charge < -0.3 is 15.4 Å². The standard InChI is InChI=1S/C13H26N2O2/c1-5-13(3,17-4)12(16)15-9-11-6-7-14-8-10(11)2/h10-11,14H,5-9H2,1-4H3,(H,15,16). The molecule has 4 nitrogen and oxygen atoms in total. The number of carbonyl (C=O) groups excluding carboxylic acids is 1. The fourth-order valence-corrected chi connectivity index (χ4v) is 2.18. The van der Waals surface area contributed by atoms with Crippen LogP contribution in [0.25, 0.3) is 0 Å². The van der Waals surface area contributed by atoms with Gasteiger partial charge in [0.05, 0.1) is 0 Å². The second-order valence-corrected chi connectivity index (χ2v) is 5.23. The molecule has 3 atom stereocenters. The highest BCUT2D eigenvalue weighted by molar-refractivity contribution is 5.84. The van der Waals surface area contributed by atoms with Gasteiger partial charge in [0.25, 0.3) is 5.91 Å². The molecule has 0 aromatic rings. The van der Waals surface area contributed by atoms with Crippen LogP contribution >= 0.6 is 0 Å². The second-order valence-electron chi connectivity index (χ2n) is 5.23. The first-order valence-electron chi connectivity index (χ1n) is 6.57. The summed E-state index contributed by atoms with van der Waals surface area (Å²) in [6.07, 6.45) is 1.83. The van der Waals surface area contributed by atoms with Crippen LogP contribution < -0.4 is 10.6 Å². The molecule has 1 rings (SSSR count). The fraction of sp³-hybridized carbons (Fsp3) is 0.923. The van der Waals surface area contributed by atoms with Gasteiger partial charge in [0.2, 0.25) is 0 Å². The van der Waals surface area contributed by atoms with E-state index in [0.29, 0.717) is 18.3 Å². The van der Waals surface area contributed by atoms with Crippen molar-refractivity contribution in [2.75, 3.05) is 26.7 Å². The van der Waals surface area contributed by atoms with Crippen LogP contribution in [0.15, 0.2) is 0 Å². The zero-order valence-electron chi connectivity index (χ0n) is 11.5. The first kappa shape index (κ1) is 14.5. The predicted octanol–water partition coefficient (Wildman–Crippen LogP) is 1.16. The summed E-state index contributed by atoms with van der Waals surface area (Å²) in [6, 6.07) is 0. The SMILES string of the molecule is CCC(C)(OC)C(=O)NCC1CCNCC1C. The minimum Gasteiger partial charge on any atom is -0.369 e. The van der Waals surface area contributed by atoms with Crippen molar-refractivity contribution in [2.24, 2.45) is 11.8 Å². The summed E-state index contributed by atoms with van der Waals surface area (Å²) in [7, 11) is 1.59. The summed E-state index contributed by atoms with van der Waals surface area (Å²) in [5.41, 5.74) is -0.684. The van der Waals surface area contributed by atoms with Crippen LogP contribution in [0.3, 0.4) is 0 Å². The summed E-state index contributed by atoms with van der Waals surface area (Å²) >= 11 is 0. The molecule has 1 aliphatic heterocycles. The first-order chi connectivity index (χ1) is 8.03. The van der Waals surface area contributed by atoms with Crippen molar-refractivity contribution in [3.8, 4) is 0 Å². The first-order valence-corrected chi connectivity index (χ1v) is 6.57. The molecule has 1 saturated heterocycles. The Morgan fingerprint density at radius 1 is 1.59 bits per heavy atom. The van der Waals surface area contributed by atoms with Gasteiger partial charge >= 0.3 is 0 Å². The second kappa shape index (κ2) is 6.36. The Hall–Kier alpha value is -0.610.